The predicted octanol–water partition coefficient (Wildman–Crippen LogP) is 2.73. The Kier molecular flexibility index (Phi) is 8.23. The van der Waals surface area contributed by atoms with Gasteiger partial charge in [0.25, 0.3) is 0 Å². The van der Waals surface area contributed by atoms with E-state index >= 15 is 0 Å². The van der Waals surface area contributed by atoms with Crippen LogP contribution in [0, 0.1) is 0 Å². The summed E-state index contributed by atoms with van der Waals surface area (Å²) in [6.07, 6.45) is 8.46. The molecule has 0 fully saturated rings. The second kappa shape index (κ2) is 11.1. The lowest BCUT2D eigenvalue weighted by atomic mass is 10.1. The lowest BCUT2D eigenvalue weighted by Crippen LogP contribution is -2.37. The van der Waals surface area contributed by atoms with Gasteiger partial charge in [-0.25, -0.2) is 0 Å². The van der Waals surface area contributed by atoms with E-state index in [-0.39, 0.29) is 24.0 Å². The fraction of sp³-hybridized carbons (Fsp3) is 0.429. The van der Waals surface area contributed by atoms with E-state index in [1.54, 1.807) is 13.2 Å². The summed E-state index contributed by atoms with van der Waals surface area (Å²) in [6, 6.07) is 10.3. The number of halogens is 1. The maximum Gasteiger partial charge on any atom is 0.191 e. The molecule has 1 aromatic carbocycles. The maximum atomic E-state index is 4.38. The van der Waals surface area contributed by atoms with E-state index < -0.39 is 0 Å². The zero-order valence-electron chi connectivity index (χ0n) is 17.3. The summed E-state index contributed by atoms with van der Waals surface area (Å²) < 4.78 is 4.19. The molecule has 1 aliphatic heterocycles. The van der Waals surface area contributed by atoms with Crippen molar-refractivity contribution in [3.8, 4) is 0 Å². The molecular weight excluding hydrogens is 491 g/mol. The van der Waals surface area contributed by atoms with Crippen LogP contribution in [0.15, 0.2) is 47.7 Å². The number of nitrogens with one attached hydrogen (secondary N) is 2. The predicted molar refractivity (Wildman–Crippen MR) is 128 cm³/mol. The maximum absolute atomic E-state index is 4.38. The van der Waals surface area contributed by atoms with Gasteiger partial charge in [-0.2, -0.15) is 5.10 Å². The number of fused-ring (bicyclic) bond motifs is 1. The molecule has 1 aliphatic rings. The number of aryl methyl sites for hydroxylation is 1. The van der Waals surface area contributed by atoms with Crippen LogP contribution in [0.2, 0.25) is 0 Å². The smallest absolute Gasteiger partial charge is 0.191 e. The first-order chi connectivity index (χ1) is 14.3. The van der Waals surface area contributed by atoms with E-state index in [1.807, 2.05) is 16.9 Å². The Labute approximate surface area is 194 Å². The van der Waals surface area contributed by atoms with E-state index in [0.717, 1.165) is 37.1 Å². The molecule has 2 N–H and O–H groups in total. The standard InChI is InChI=1S/C21H28N8.HI/c1-22-21(24-15-20-27-26-19-10-3-2-6-13-29(19)20)23-14-17-8-4-5-9-18(17)16-28-12-7-11-25-28;/h4-5,7-9,11-12H,2-3,6,10,13-16H2,1H3,(H2,22,23,24);1H. The van der Waals surface area contributed by atoms with Crippen LogP contribution < -0.4 is 10.6 Å². The first kappa shape index (κ1) is 22.3. The van der Waals surface area contributed by atoms with Crippen molar-refractivity contribution in [2.24, 2.45) is 4.99 Å². The fourth-order valence-electron chi connectivity index (χ4n) is 3.69. The van der Waals surface area contributed by atoms with Crippen molar-refractivity contribution in [3.63, 3.8) is 0 Å². The molecule has 0 amide bonds. The Morgan fingerprint density at radius 2 is 1.87 bits per heavy atom. The van der Waals surface area contributed by atoms with Crippen LogP contribution in [-0.2, 0) is 32.6 Å². The Morgan fingerprint density at radius 1 is 1.03 bits per heavy atom. The topological polar surface area (TPSA) is 84.9 Å². The van der Waals surface area contributed by atoms with Gasteiger partial charge in [-0.05, 0) is 30.0 Å². The highest BCUT2D eigenvalue weighted by Crippen LogP contribution is 2.14. The van der Waals surface area contributed by atoms with Gasteiger partial charge in [-0.15, -0.1) is 34.2 Å². The van der Waals surface area contributed by atoms with Gasteiger partial charge < -0.3 is 15.2 Å². The first-order valence-electron chi connectivity index (χ1n) is 10.2. The van der Waals surface area contributed by atoms with Crippen molar-refractivity contribution < 1.29 is 0 Å². The van der Waals surface area contributed by atoms with Crippen LogP contribution in [0.25, 0.3) is 0 Å². The van der Waals surface area contributed by atoms with Crippen LogP contribution in [0.4, 0.5) is 0 Å². The Hall–Kier alpha value is -2.43. The van der Waals surface area contributed by atoms with Crippen molar-refractivity contribution in [2.75, 3.05) is 7.05 Å². The van der Waals surface area contributed by atoms with E-state index in [0.29, 0.717) is 13.1 Å². The summed E-state index contributed by atoms with van der Waals surface area (Å²) >= 11 is 0. The number of guanidine groups is 1. The highest BCUT2D eigenvalue weighted by molar-refractivity contribution is 14.0. The number of rotatable bonds is 6. The van der Waals surface area contributed by atoms with Gasteiger partial charge in [0.15, 0.2) is 11.8 Å². The largest absolute Gasteiger partial charge is 0.352 e. The second-order valence-corrected chi connectivity index (χ2v) is 7.25. The molecule has 0 atom stereocenters. The molecule has 3 heterocycles. The van der Waals surface area contributed by atoms with Gasteiger partial charge in [0, 0.05) is 39.0 Å². The molecule has 0 spiro atoms. The summed E-state index contributed by atoms with van der Waals surface area (Å²) in [4.78, 5) is 4.36. The van der Waals surface area contributed by atoms with E-state index in [2.05, 4.69) is 59.8 Å². The first-order valence-corrected chi connectivity index (χ1v) is 10.2. The third-order valence-corrected chi connectivity index (χ3v) is 5.28. The van der Waals surface area contributed by atoms with Crippen LogP contribution in [0.3, 0.4) is 0 Å². The fourth-order valence-corrected chi connectivity index (χ4v) is 3.69. The lowest BCUT2D eigenvalue weighted by Gasteiger charge is -2.15. The molecule has 0 unspecified atom stereocenters. The molecule has 0 saturated carbocycles. The van der Waals surface area contributed by atoms with Crippen molar-refractivity contribution in [3.05, 3.63) is 65.5 Å². The van der Waals surface area contributed by atoms with Crippen LogP contribution in [0.1, 0.15) is 42.0 Å². The number of aliphatic imine (C=N–C) groups is 1. The third-order valence-electron chi connectivity index (χ3n) is 5.28. The van der Waals surface area contributed by atoms with Gasteiger partial charge >= 0.3 is 0 Å². The van der Waals surface area contributed by atoms with E-state index in [4.69, 9.17) is 0 Å². The second-order valence-electron chi connectivity index (χ2n) is 7.25. The van der Waals surface area contributed by atoms with Gasteiger partial charge in [-0.1, -0.05) is 30.7 Å². The number of hydrogen-bond acceptors (Lipinski definition) is 4. The molecule has 160 valence electrons. The van der Waals surface area contributed by atoms with Crippen molar-refractivity contribution >= 4 is 29.9 Å². The Balaban J connectivity index is 0.00000256. The summed E-state index contributed by atoms with van der Waals surface area (Å²) in [5.41, 5.74) is 2.46. The molecule has 0 aliphatic carbocycles. The SMILES string of the molecule is CN=C(NCc1ccccc1Cn1cccn1)NCc1nnc2n1CCCCC2.I. The minimum absolute atomic E-state index is 0. The Bertz CT molecular complexity index is 948. The quantitative estimate of drug-likeness (QED) is 0.297. The summed E-state index contributed by atoms with van der Waals surface area (Å²) in [5.74, 6) is 2.84. The number of benzene rings is 1. The number of aromatic nitrogens is 5. The molecule has 2 aromatic heterocycles. The monoisotopic (exact) mass is 520 g/mol. The van der Waals surface area contributed by atoms with Gasteiger partial charge in [0.05, 0.1) is 13.1 Å². The summed E-state index contributed by atoms with van der Waals surface area (Å²) in [5, 5.41) is 19.8. The normalized spacial score (nSPS) is 13.8. The molecule has 3 aromatic rings. The number of hydrogen-bond donors (Lipinski definition) is 2. The van der Waals surface area contributed by atoms with E-state index in [1.165, 1.54) is 30.4 Å². The Morgan fingerprint density at radius 3 is 2.67 bits per heavy atom. The minimum Gasteiger partial charge on any atom is -0.352 e. The average molecular weight is 520 g/mol. The van der Waals surface area contributed by atoms with Crippen molar-refractivity contribution in [2.45, 2.75) is 51.9 Å². The van der Waals surface area contributed by atoms with Crippen LogP contribution in [0.5, 0.6) is 0 Å². The molecule has 0 radical (unpaired) electrons. The van der Waals surface area contributed by atoms with Crippen molar-refractivity contribution in [1.29, 1.82) is 0 Å². The van der Waals surface area contributed by atoms with Gasteiger partial charge in [0.1, 0.15) is 5.82 Å². The van der Waals surface area contributed by atoms with E-state index in [9.17, 15) is 0 Å². The molecule has 9 heteroatoms. The third kappa shape index (κ3) is 5.59. The highest BCUT2D eigenvalue weighted by atomic mass is 127. The number of nitrogens with zero attached hydrogens (tertiary/aromatic N) is 6. The molecular formula is C21H29IN8. The van der Waals surface area contributed by atoms with Crippen LogP contribution >= 0.6 is 24.0 Å². The molecule has 0 bridgehead atoms. The highest BCUT2D eigenvalue weighted by Gasteiger charge is 2.14. The molecule has 30 heavy (non-hydrogen) atoms. The molecule has 0 saturated heterocycles. The van der Waals surface area contributed by atoms with Crippen molar-refractivity contribution in [1.82, 2.24) is 35.2 Å². The summed E-state index contributed by atoms with van der Waals surface area (Å²) in [7, 11) is 1.79. The zero-order chi connectivity index (χ0) is 19.9. The van der Waals surface area contributed by atoms with Crippen LogP contribution in [-0.4, -0.2) is 37.6 Å². The molecule has 4 rings (SSSR count). The summed E-state index contributed by atoms with van der Waals surface area (Å²) in [6.45, 7) is 3.06. The lowest BCUT2D eigenvalue weighted by molar-refractivity contribution is 0.596. The van der Waals surface area contributed by atoms with Gasteiger partial charge in [-0.3, -0.25) is 9.67 Å². The van der Waals surface area contributed by atoms with Gasteiger partial charge in [0.2, 0.25) is 0 Å². The zero-order valence-corrected chi connectivity index (χ0v) is 19.6. The minimum atomic E-state index is 0. The molecule has 8 nitrogen and oxygen atoms in total. The average Bonchev–Trinajstić information content (AvgIpc) is 3.33.